The summed E-state index contributed by atoms with van der Waals surface area (Å²) in [6.45, 7) is 1.06. The Hall–Kier alpha value is -1.22. The van der Waals surface area contributed by atoms with E-state index in [2.05, 4.69) is 17.4 Å². The highest BCUT2D eigenvalue weighted by atomic mass is 16.5. The smallest absolute Gasteiger partial charge is 0.160 e. The molecule has 1 aromatic carbocycles. The lowest BCUT2D eigenvalue weighted by atomic mass is 9.90. The minimum atomic E-state index is 0.650. The lowest BCUT2D eigenvalue weighted by Gasteiger charge is -2.18. The van der Waals surface area contributed by atoms with Crippen LogP contribution in [0.4, 0.5) is 0 Å². The monoisotopic (exact) mass is 249 g/mol. The van der Waals surface area contributed by atoms with Gasteiger partial charge >= 0.3 is 0 Å². The first-order valence-electron chi connectivity index (χ1n) is 6.66. The average molecular weight is 249 g/mol. The molecular formula is C15H23NO2. The minimum Gasteiger partial charge on any atom is -0.493 e. The molecule has 0 bridgehead atoms. The molecule has 3 nitrogen and oxygen atoms in total. The van der Waals surface area contributed by atoms with E-state index < -0.39 is 0 Å². The van der Waals surface area contributed by atoms with E-state index in [4.69, 9.17) is 9.47 Å². The Bertz CT molecular complexity index is 388. The molecule has 0 heterocycles. The van der Waals surface area contributed by atoms with E-state index in [0.717, 1.165) is 24.0 Å². The number of nitrogens with one attached hydrogen (secondary N) is 1. The molecule has 0 radical (unpaired) electrons. The van der Waals surface area contributed by atoms with Crippen molar-refractivity contribution in [1.29, 1.82) is 0 Å². The number of benzene rings is 1. The molecule has 0 spiro atoms. The third kappa shape index (κ3) is 2.96. The van der Waals surface area contributed by atoms with Crippen molar-refractivity contribution in [2.24, 2.45) is 5.92 Å². The van der Waals surface area contributed by atoms with E-state index in [-0.39, 0.29) is 0 Å². The molecule has 18 heavy (non-hydrogen) atoms. The molecule has 0 saturated heterocycles. The molecule has 1 aliphatic rings. The van der Waals surface area contributed by atoms with E-state index in [9.17, 15) is 0 Å². The maximum Gasteiger partial charge on any atom is 0.160 e. The van der Waals surface area contributed by atoms with E-state index in [1.165, 1.54) is 24.8 Å². The SMILES string of the molecule is CNCC[C@@H](c1ccc(OC)c(OC)c1)C1CC1. The van der Waals surface area contributed by atoms with Crippen LogP contribution in [0.3, 0.4) is 0 Å². The van der Waals surface area contributed by atoms with Crippen molar-refractivity contribution in [3.63, 3.8) is 0 Å². The molecule has 2 rings (SSSR count). The van der Waals surface area contributed by atoms with Crippen LogP contribution in [-0.2, 0) is 0 Å². The molecule has 1 N–H and O–H groups in total. The molecule has 0 aromatic heterocycles. The number of methoxy groups -OCH3 is 2. The normalized spacial score (nSPS) is 16.4. The molecule has 1 aliphatic carbocycles. The van der Waals surface area contributed by atoms with Crippen molar-refractivity contribution < 1.29 is 9.47 Å². The summed E-state index contributed by atoms with van der Waals surface area (Å²) in [5.41, 5.74) is 1.38. The number of rotatable bonds is 7. The Morgan fingerprint density at radius 3 is 2.50 bits per heavy atom. The molecule has 100 valence electrons. The second-order valence-electron chi connectivity index (χ2n) is 4.95. The van der Waals surface area contributed by atoms with Gasteiger partial charge in [0.2, 0.25) is 0 Å². The van der Waals surface area contributed by atoms with Crippen molar-refractivity contribution in [2.75, 3.05) is 27.8 Å². The zero-order valence-electron chi connectivity index (χ0n) is 11.5. The Morgan fingerprint density at radius 2 is 1.94 bits per heavy atom. The van der Waals surface area contributed by atoms with Gasteiger partial charge in [0.15, 0.2) is 11.5 Å². The number of hydrogen-bond acceptors (Lipinski definition) is 3. The third-order valence-corrected chi connectivity index (χ3v) is 3.73. The zero-order valence-corrected chi connectivity index (χ0v) is 11.5. The van der Waals surface area contributed by atoms with Crippen molar-refractivity contribution in [2.45, 2.75) is 25.2 Å². The Balaban J connectivity index is 2.18. The van der Waals surface area contributed by atoms with Crippen LogP contribution in [0.2, 0.25) is 0 Å². The number of hydrogen-bond donors (Lipinski definition) is 1. The highest BCUT2D eigenvalue weighted by Gasteiger charge is 2.32. The molecule has 1 aromatic rings. The van der Waals surface area contributed by atoms with Crippen LogP contribution in [-0.4, -0.2) is 27.8 Å². The van der Waals surface area contributed by atoms with Gasteiger partial charge in [-0.15, -0.1) is 0 Å². The van der Waals surface area contributed by atoms with Gasteiger partial charge in [-0.2, -0.15) is 0 Å². The summed E-state index contributed by atoms with van der Waals surface area (Å²) in [6, 6.07) is 6.33. The van der Waals surface area contributed by atoms with Crippen molar-refractivity contribution in [3.05, 3.63) is 23.8 Å². The molecule has 1 saturated carbocycles. The fraction of sp³-hybridized carbons (Fsp3) is 0.600. The number of ether oxygens (including phenoxy) is 2. The Morgan fingerprint density at radius 1 is 1.22 bits per heavy atom. The summed E-state index contributed by atoms with van der Waals surface area (Å²) in [5, 5.41) is 3.25. The van der Waals surface area contributed by atoms with Gasteiger partial charge in [0.1, 0.15) is 0 Å². The first-order valence-corrected chi connectivity index (χ1v) is 6.66. The molecule has 1 atom stereocenters. The largest absolute Gasteiger partial charge is 0.493 e. The maximum absolute atomic E-state index is 5.39. The van der Waals surface area contributed by atoms with Gasteiger partial charge in [-0.1, -0.05) is 6.07 Å². The summed E-state index contributed by atoms with van der Waals surface area (Å²) >= 11 is 0. The van der Waals surface area contributed by atoms with Crippen LogP contribution < -0.4 is 14.8 Å². The molecular weight excluding hydrogens is 226 g/mol. The van der Waals surface area contributed by atoms with Gasteiger partial charge in [0, 0.05) is 0 Å². The second-order valence-corrected chi connectivity index (χ2v) is 4.95. The van der Waals surface area contributed by atoms with E-state index in [0.29, 0.717) is 5.92 Å². The van der Waals surface area contributed by atoms with E-state index >= 15 is 0 Å². The van der Waals surface area contributed by atoms with Gasteiger partial charge < -0.3 is 14.8 Å². The Kier molecular flexibility index (Phi) is 4.48. The van der Waals surface area contributed by atoms with Crippen LogP contribution in [0.5, 0.6) is 11.5 Å². The predicted molar refractivity (Wildman–Crippen MR) is 73.6 cm³/mol. The maximum atomic E-state index is 5.39. The fourth-order valence-electron chi connectivity index (χ4n) is 2.56. The van der Waals surface area contributed by atoms with Gasteiger partial charge in [0.05, 0.1) is 14.2 Å². The topological polar surface area (TPSA) is 30.5 Å². The van der Waals surface area contributed by atoms with Gasteiger partial charge in [-0.3, -0.25) is 0 Å². The molecule has 1 fully saturated rings. The van der Waals surface area contributed by atoms with Crippen molar-refractivity contribution in [1.82, 2.24) is 5.32 Å². The van der Waals surface area contributed by atoms with Crippen LogP contribution in [0, 0.1) is 5.92 Å². The quantitative estimate of drug-likeness (QED) is 0.806. The predicted octanol–water partition coefficient (Wildman–Crippen LogP) is 2.81. The lowest BCUT2D eigenvalue weighted by Crippen LogP contribution is -2.13. The summed E-state index contributed by atoms with van der Waals surface area (Å²) in [7, 11) is 5.39. The third-order valence-electron chi connectivity index (χ3n) is 3.73. The average Bonchev–Trinajstić information content (AvgIpc) is 3.23. The zero-order chi connectivity index (χ0) is 13.0. The van der Waals surface area contributed by atoms with Crippen LogP contribution in [0.25, 0.3) is 0 Å². The lowest BCUT2D eigenvalue weighted by molar-refractivity contribution is 0.354. The van der Waals surface area contributed by atoms with Gasteiger partial charge in [-0.25, -0.2) is 0 Å². The van der Waals surface area contributed by atoms with Crippen molar-refractivity contribution in [3.8, 4) is 11.5 Å². The first-order chi connectivity index (χ1) is 8.80. The summed E-state index contributed by atoms with van der Waals surface area (Å²) in [5.74, 6) is 3.16. The summed E-state index contributed by atoms with van der Waals surface area (Å²) < 4.78 is 10.7. The molecule has 0 aliphatic heterocycles. The summed E-state index contributed by atoms with van der Waals surface area (Å²) in [6.07, 6.45) is 3.92. The van der Waals surface area contributed by atoms with Gasteiger partial charge in [-0.05, 0) is 62.4 Å². The van der Waals surface area contributed by atoms with Crippen LogP contribution in [0.15, 0.2) is 18.2 Å². The summed E-state index contributed by atoms with van der Waals surface area (Å²) in [4.78, 5) is 0. The van der Waals surface area contributed by atoms with E-state index in [1.54, 1.807) is 14.2 Å². The first kappa shape index (κ1) is 13.2. The molecule has 3 heteroatoms. The molecule has 0 amide bonds. The van der Waals surface area contributed by atoms with Crippen LogP contribution in [0.1, 0.15) is 30.7 Å². The van der Waals surface area contributed by atoms with E-state index in [1.807, 2.05) is 13.1 Å². The van der Waals surface area contributed by atoms with Crippen molar-refractivity contribution >= 4 is 0 Å². The fourth-order valence-corrected chi connectivity index (χ4v) is 2.56. The Labute approximate surface area is 109 Å². The second kappa shape index (κ2) is 6.10. The minimum absolute atomic E-state index is 0.650. The highest BCUT2D eigenvalue weighted by Crippen LogP contribution is 2.45. The van der Waals surface area contributed by atoms with Crippen LogP contribution >= 0.6 is 0 Å². The molecule has 0 unspecified atom stereocenters. The standard InChI is InChI=1S/C15H23NO2/c1-16-9-8-13(11-4-5-11)12-6-7-14(17-2)15(10-12)18-3/h6-7,10-11,13,16H,4-5,8-9H2,1-3H3/t13-/m1/s1. The highest BCUT2D eigenvalue weighted by molar-refractivity contribution is 5.44. The van der Waals surface area contributed by atoms with Gasteiger partial charge in [0.25, 0.3) is 0 Å².